The summed E-state index contributed by atoms with van der Waals surface area (Å²) < 4.78 is 11.1. The van der Waals surface area contributed by atoms with Crippen molar-refractivity contribution in [1.29, 1.82) is 0 Å². The average molecular weight is 388 g/mol. The third-order valence-electron chi connectivity index (χ3n) is 5.08. The summed E-state index contributed by atoms with van der Waals surface area (Å²) in [5.74, 6) is 2.60. The van der Waals surface area contributed by atoms with Gasteiger partial charge >= 0.3 is 0 Å². The van der Waals surface area contributed by atoms with Crippen LogP contribution in [-0.2, 0) is 19.4 Å². The molecule has 0 atom stereocenters. The monoisotopic (exact) mass is 388 g/mol. The molecule has 0 amide bonds. The van der Waals surface area contributed by atoms with Crippen LogP contribution in [0.3, 0.4) is 0 Å². The fourth-order valence-corrected chi connectivity index (χ4v) is 3.43. The van der Waals surface area contributed by atoms with Crippen molar-refractivity contribution in [3.63, 3.8) is 0 Å². The van der Waals surface area contributed by atoms with Gasteiger partial charge in [0.2, 0.25) is 0 Å². The van der Waals surface area contributed by atoms with Gasteiger partial charge in [0.1, 0.15) is 17.3 Å². The lowest BCUT2D eigenvalue weighted by molar-refractivity contribution is 0.307. The predicted octanol–water partition coefficient (Wildman–Crippen LogP) is 4.01. The molecule has 0 fully saturated rings. The predicted molar refractivity (Wildman–Crippen MR) is 114 cm³/mol. The van der Waals surface area contributed by atoms with Crippen LogP contribution in [0.1, 0.15) is 23.4 Å². The van der Waals surface area contributed by atoms with Gasteiger partial charge in [-0.3, -0.25) is 0 Å². The first-order valence-electron chi connectivity index (χ1n) is 10.0. The summed E-state index contributed by atoms with van der Waals surface area (Å²) in [4.78, 5) is 8.91. The van der Waals surface area contributed by atoms with Gasteiger partial charge in [0.25, 0.3) is 0 Å². The fourth-order valence-electron chi connectivity index (χ4n) is 3.43. The SMILES string of the molecule is COc1ccc(-c2cnc(CNCCCOc3ccc4c(c3)C[CH]C4)nc2)cc1. The molecule has 0 saturated heterocycles. The molecule has 1 aliphatic carbocycles. The van der Waals surface area contributed by atoms with Crippen molar-refractivity contribution in [1.82, 2.24) is 15.3 Å². The molecule has 1 radical (unpaired) electrons. The molecule has 149 valence electrons. The zero-order chi connectivity index (χ0) is 19.9. The van der Waals surface area contributed by atoms with E-state index in [1.807, 2.05) is 36.7 Å². The molecule has 0 saturated carbocycles. The first-order chi connectivity index (χ1) is 14.3. The van der Waals surface area contributed by atoms with Crippen LogP contribution in [-0.4, -0.2) is 30.2 Å². The molecule has 0 bridgehead atoms. The highest BCUT2D eigenvalue weighted by Gasteiger charge is 2.11. The smallest absolute Gasteiger partial charge is 0.141 e. The van der Waals surface area contributed by atoms with Crippen molar-refractivity contribution in [3.8, 4) is 22.6 Å². The van der Waals surface area contributed by atoms with Crippen LogP contribution in [0.4, 0.5) is 0 Å². The standard InChI is InChI=1S/C24H26N3O2/c1-28-22-9-6-19(7-10-22)21-15-26-24(27-16-21)17-25-12-3-13-29-23-11-8-18-4-2-5-20(18)14-23/h2,6-11,14-16,25H,3-5,12-13,17H2,1H3. The summed E-state index contributed by atoms with van der Waals surface area (Å²) >= 11 is 0. The maximum Gasteiger partial charge on any atom is 0.141 e. The van der Waals surface area contributed by atoms with E-state index in [-0.39, 0.29) is 0 Å². The van der Waals surface area contributed by atoms with Crippen LogP contribution in [0.15, 0.2) is 54.9 Å². The highest BCUT2D eigenvalue weighted by atomic mass is 16.5. The number of rotatable bonds is 9. The van der Waals surface area contributed by atoms with Crippen molar-refractivity contribution in [2.24, 2.45) is 0 Å². The molecule has 1 heterocycles. The Morgan fingerprint density at radius 2 is 1.66 bits per heavy atom. The number of methoxy groups -OCH3 is 1. The topological polar surface area (TPSA) is 56.3 Å². The number of nitrogens with zero attached hydrogens (tertiary/aromatic N) is 2. The first kappa shape index (κ1) is 19.4. The molecule has 1 aliphatic rings. The maximum atomic E-state index is 5.87. The summed E-state index contributed by atoms with van der Waals surface area (Å²) in [5.41, 5.74) is 4.90. The molecule has 0 unspecified atom stereocenters. The fraction of sp³-hybridized carbons (Fsp3) is 0.292. The molecule has 5 nitrogen and oxygen atoms in total. The summed E-state index contributed by atoms with van der Waals surface area (Å²) in [6.45, 7) is 2.21. The Labute approximate surface area is 172 Å². The van der Waals surface area contributed by atoms with E-state index >= 15 is 0 Å². The van der Waals surface area contributed by atoms with E-state index in [1.54, 1.807) is 7.11 Å². The Balaban J connectivity index is 1.17. The van der Waals surface area contributed by atoms with Gasteiger partial charge in [0.15, 0.2) is 0 Å². The largest absolute Gasteiger partial charge is 0.497 e. The molecular formula is C24H26N3O2. The lowest BCUT2D eigenvalue weighted by Crippen LogP contribution is -2.18. The zero-order valence-electron chi connectivity index (χ0n) is 16.7. The number of ether oxygens (including phenoxy) is 2. The van der Waals surface area contributed by atoms with E-state index in [9.17, 15) is 0 Å². The summed E-state index contributed by atoms with van der Waals surface area (Å²) in [6.07, 6.45) is 9.12. The van der Waals surface area contributed by atoms with Gasteiger partial charge in [-0.1, -0.05) is 18.2 Å². The van der Waals surface area contributed by atoms with Crippen molar-refractivity contribution in [3.05, 3.63) is 78.2 Å². The summed E-state index contributed by atoms with van der Waals surface area (Å²) in [7, 11) is 1.66. The van der Waals surface area contributed by atoms with Gasteiger partial charge in [-0.05, 0) is 73.2 Å². The Hall–Kier alpha value is -2.92. The van der Waals surface area contributed by atoms with E-state index in [2.05, 4.69) is 39.9 Å². The Kier molecular flexibility index (Phi) is 6.37. The van der Waals surface area contributed by atoms with E-state index in [0.717, 1.165) is 54.3 Å². The van der Waals surface area contributed by atoms with E-state index in [1.165, 1.54) is 11.1 Å². The number of nitrogens with one attached hydrogen (secondary N) is 1. The number of hydrogen-bond donors (Lipinski definition) is 1. The van der Waals surface area contributed by atoms with Gasteiger partial charge in [0, 0.05) is 18.0 Å². The Bertz CT molecular complexity index is 924. The lowest BCUT2D eigenvalue weighted by atomic mass is 10.1. The third-order valence-corrected chi connectivity index (χ3v) is 5.08. The lowest BCUT2D eigenvalue weighted by Gasteiger charge is -2.09. The van der Waals surface area contributed by atoms with E-state index in [0.29, 0.717) is 13.2 Å². The second-order valence-corrected chi connectivity index (χ2v) is 7.12. The zero-order valence-corrected chi connectivity index (χ0v) is 16.7. The number of hydrogen-bond acceptors (Lipinski definition) is 5. The number of fused-ring (bicyclic) bond motifs is 1. The van der Waals surface area contributed by atoms with Crippen LogP contribution in [0.5, 0.6) is 11.5 Å². The molecule has 1 N–H and O–H groups in total. The molecular weight excluding hydrogens is 362 g/mol. The van der Waals surface area contributed by atoms with Crippen LogP contribution in [0, 0.1) is 6.42 Å². The van der Waals surface area contributed by atoms with Crippen LogP contribution in [0.2, 0.25) is 0 Å². The highest BCUT2D eigenvalue weighted by molar-refractivity contribution is 5.62. The first-order valence-corrected chi connectivity index (χ1v) is 10.0. The van der Waals surface area contributed by atoms with Gasteiger partial charge in [-0.15, -0.1) is 0 Å². The van der Waals surface area contributed by atoms with Crippen molar-refractivity contribution >= 4 is 0 Å². The second kappa shape index (κ2) is 9.52. The van der Waals surface area contributed by atoms with Crippen molar-refractivity contribution in [2.45, 2.75) is 25.8 Å². The molecule has 5 heteroatoms. The van der Waals surface area contributed by atoms with Crippen molar-refractivity contribution < 1.29 is 9.47 Å². The van der Waals surface area contributed by atoms with Crippen LogP contribution >= 0.6 is 0 Å². The molecule has 0 aliphatic heterocycles. The summed E-state index contributed by atoms with van der Waals surface area (Å²) in [6, 6.07) is 14.3. The van der Waals surface area contributed by atoms with Gasteiger partial charge in [-0.2, -0.15) is 0 Å². The Morgan fingerprint density at radius 3 is 2.45 bits per heavy atom. The number of aromatic nitrogens is 2. The number of benzene rings is 2. The second-order valence-electron chi connectivity index (χ2n) is 7.12. The van der Waals surface area contributed by atoms with E-state index < -0.39 is 0 Å². The third kappa shape index (κ3) is 5.12. The van der Waals surface area contributed by atoms with Crippen LogP contribution < -0.4 is 14.8 Å². The molecule has 3 aromatic rings. The van der Waals surface area contributed by atoms with Crippen molar-refractivity contribution in [2.75, 3.05) is 20.3 Å². The quantitative estimate of drug-likeness (QED) is 0.561. The molecule has 29 heavy (non-hydrogen) atoms. The minimum atomic E-state index is 0.650. The van der Waals surface area contributed by atoms with Gasteiger partial charge < -0.3 is 14.8 Å². The van der Waals surface area contributed by atoms with Crippen LogP contribution in [0.25, 0.3) is 11.1 Å². The molecule has 0 spiro atoms. The molecule has 2 aromatic carbocycles. The summed E-state index contributed by atoms with van der Waals surface area (Å²) in [5, 5.41) is 3.38. The minimum absolute atomic E-state index is 0.650. The van der Waals surface area contributed by atoms with Gasteiger partial charge in [0.05, 0.1) is 20.3 Å². The average Bonchev–Trinajstić information content (AvgIpc) is 3.24. The minimum Gasteiger partial charge on any atom is -0.497 e. The molecule has 1 aromatic heterocycles. The Morgan fingerprint density at radius 1 is 0.897 bits per heavy atom. The van der Waals surface area contributed by atoms with Gasteiger partial charge in [-0.25, -0.2) is 9.97 Å². The van der Waals surface area contributed by atoms with E-state index in [4.69, 9.17) is 9.47 Å². The highest BCUT2D eigenvalue weighted by Crippen LogP contribution is 2.25. The maximum absolute atomic E-state index is 5.87. The molecule has 4 rings (SSSR count). The normalized spacial score (nSPS) is 12.6.